The van der Waals surface area contributed by atoms with E-state index in [0.717, 1.165) is 89.9 Å². The Hall–Kier alpha value is -3.15. The molecule has 0 aliphatic rings. The third kappa shape index (κ3) is 57.7. The van der Waals surface area contributed by atoms with Crippen LogP contribution in [0, 0.1) is 0 Å². The molecule has 0 saturated carbocycles. The summed E-state index contributed by atoms with van der Waals surface area (Å²) in [5.41, 5.74) is 0. The van der Waals surface area contributed by atoms with Crippen molar-refractivity contribution in [3.8, 4) is 0 Å². The zero-order valence-electron chi connectivity index (χ0n) is 47.7. The van der Waals surface area contributed by atoms with Crippen molar-refractivity contribution in [2.75, 3.05) is 13.2 Å². The molecular weight excluding hydrogens is 889 g/mol. The van der Waals surface area contributed by atoms with Gasteiger partial charge < -0.3 is 14.2 Å². The molecule has 0 aromatic heterocycles. The standard InChI is InChI=1S/C66H116O6/c1-4-7-10-13-16-19-22-25-27-28-29-30-31-32-33-34-35-36-37-39-41-44-47-50-53-56-59-65(68)71-62-63(61-70-64(67)58-55-52-49-46-43-40-24-21-18-15-12-9-6-3)72-66(69)60-57-54-51-48-45-42-38-26-23-20-17-14-11-8-5-2/h9,12,17-18,20-21,26,38,40,43,49,52,63H,4-8,10-11,13-16,19,22-25,27-37,39,41-42,44-48,50-51,53-62H2,1-3H3/b12-9-,20-17-,21-18-,38-26-,43-40-,52-49-. The Kier molecular flexibility index (Phi) is 57.8. The number of hydrogen-bond donors (Lipinski definition) is 0. The van der Waals surface area contributed by atoms with Crippen molar-refractivity contribution < 1.29 is 28.6 Å². The first kappa shape index (κ1) is 68.8. The van der Waals surface area contributed by atoms with E-state index < -0.39 is 6.10 Å². The van der Waals surface area contributed by atoms with Crippen LogP contribution in [0.5, 0.6) is 0 Å². The molecule has 0 fully saturated rings. The van der Waals surface area contributed by atoms with E-state index in [-0.39, 0.29) is 37.5 Å². The molecule has 0 aromatic rings. The normalized spacial score (nSPS) is 12.5. The second kappa shape index (κ2) is 60.4. The predicted octanol–water partition coefficient (Wildman–Crippen LogP) is 20.9. The first-order valence-corrected chi connectivity index (χ1v) is 30.9. The van der Waals surface area contributed by atoms with Crippen LogP contribution in [0.3, 0.4) is 0 Å². The minimum Gasteiger partial charge on any atom is -0.462 e. The van der Waals surface area contributed by atoms with Gasteiger partial charge in [-0.15, -0.1) is 0 Å². The highest BCUT2D eigenvalue weighted by molar-refractivity contribution is 5.71. The average Bonchev–Trinajstić information content (AvgIpc) is 3.38. The van der Waals surface area contributed by atoms with Gasteiger partial charge in [-0.3, -0.25) is 14.4 Å². The first-order valence-electron chi connectivity index (χ1n) is 30.9. The zero-order valence-corrected chi connectivity index (χ0v) is 47.7. The maximum atomic E-state index is 12.8. The SMILES string of the molecule is CC/C=C\C/C=C\C/C=C\C/C=C\CCC(=O)OCC(COC(=O)CCCCCCCCCCCCCCCCCCCCCCCCCCCC)OC(=O)CCCCCCC/C=C\C/C=C\CCCCC. The molecule has 0 aromatic carbocycles. The molecule has 1 unspecified atom stereocenters. The Balaban J connectivity index is 4.27. The molecule has 0 radical (unpaired) electrons. The number of ether oxygens (including phenoxy) is 3. The molecule has 0 bridgehead atoms. The lowest BCUT2D eigenvalue weighted by Gasteiger charge is -2.18. The Morgan fingerprint density at radius 2 is 0.569 bits per heavy atom. The number of allylic oxidation sites excluding steroid dienone is 12. The van der Waals surface area contributed by atoms with Crippen LogP contribution < -0.4 is 0 Å². The van der Waals surface area contributed by atoms with Gasteiger partial charge in [-0.2, -0.15) is 0 Å². The van der Waals surface area contributed by atoms with E-state index in [9.17, 15) is 14.4 Å². The fraction of sp³-hybridized carbons (Fsp3) is 0.773. The monoisotopic (exact) mass is 1000 g/mol. The van der Waals surface area contributed by atoms with Crippen LogP contribution in [0.15, 0.2) is 72.9 Å². The number of carbonyl (C=O) groups is 3. The Labute approximate surface area is 446 Å². The second-order valence-corrected chi connectivity index (χ2v) is 20.6. The number of carbonyl (C=O) groups excluding carboxylic acids is 3. The van der Waals surface area contributed by atoms with Crippen LogP contribution >= 0.6 is 0 Å². The van der Waals surface area contributed by atoms with E-state index in [4.69, 9.17) is 14.2 Å². The summed E-state index contributed by atoms with van der Waals surface area (Å²) < 4.78 is 16.8. The van der Waals surface area contributed by atoms with Crippen molar-refractivity contribution >= 4 is 17.9 Å². The largest absolute Gasteiger partial charge is 0.462 e. The molecular formula is C66H116O6. The van der Waals surface area contributed by atoms with Gasteiger partial charge in [-0.05, 0) is 77.0 Å². The molecule has 0 heterocycles. The van der Waals surface area contributed by atoms with Gasteiger partial charge in [0.05, 0.1) is 0 Å². The maximum Gasteiger partial charge on any atom is 0.306 e. The van der Waals surface area contributed by atoms with Gasteiger partial charge in [0, 0.05) is 19.3 Å². The lowest BCUT2D eigenvalue weighted by molar-refractivity contribution is -0.166. The highest BCUT2D eigenvalue weighted by Gasteiger charge is 2.19. The van der Waals surface area contributed by atoms with Crippen LogP contribution in [0.25, 0.3) is 0 Å². The van der Waals surface area contributed by atoms with Gasteiger partial charge in [0.15, 0.2) is 6.10 Å². The van der Waals surface area contributed by atoms with Gasteiger partial charge in [-0.1, -0.05) is 286 Å². The Morgan fingerprint density at radius 3 is 0.958 bits per heavy atom. The van der Waals surface area contributed by atoms with Gasteiger partial charge in [0.25, 0.3) is 0 Å². The second-order valence-electron chi connectivity index (χ2n) is 20.6. The summed E-state index contributed by atoms with van der Waals surface area (Å²) in [5.74, 6) is -0.989. The molecule has 0 amide bonds. The zero-order chi connectivity index (χ0) is 52.2. The van der Waals surface area contributed by atoms with Crippen molar-refractivity contribution in [3.63, 3.8) is 0 Å². The third-order valence-corrected chi connectivity index (χ3v) is 13.5. The van der Waals surface area contributed by atoms with Gasteiger partial charge in [0.2, 0.25) is 0 Å². The molecule has 0 saturated heterocycles. The molecule has 6 heteroatoms. The summed E-state index contributed by atoms with van der Waals surface area (Å²) in [5, 5.41) is 0. The number of esters is 3. The molecule has 0 N–H and O–H groups in total. The highest BCUT2D eigenvalue weighted by Crippen LogP contribution is 2.17. The Morgan fingerprint density at radius 1 is 0.292 bits per heavy atom. The van der Waals surface area contributed by atoms with Crippen LogP contribution in [-0.2, 0) is 28.6 Å². The minimum absolute atomic E-state index is 0.101. The summed E-state index contributed by atoms with van der Waals surface area (Å²) in [6.45, 7) is 6.45. The van der Waals surface area contributed by atoms with Crippen molar-refractivity contribution in [1.82, 2.24) is 0 Å². The highest BCUT2D eigenvalue weighted by atomic mass is 16.6. The quantitative estimate of drug-likeness (QED) is 0.0261. The molecule has 1 atom stereocenters. The summed E-state index contributed by atoms with van der Waals surface area (Å²) in [4.78, 5) is 38.1. The minimum atomic E-state index is -0.810. The summed E-state index contributed by atoms with van der Waals surface area (Å²) in [6.07, 6.45) is 77.9. The van der Waals surface area contributed by atoms with Gasteiger partial charge in [-0.25, -0.2) is 0 Å². The van der Waals surface area contributed by atoms with Crippen molar-refractivity contribution in [2.24, 2.45) is 0 Å². The summed E-state index contributed by atoms with van der Waals surface area (Å²) >= 11 is 0. The fourth-order valence-electron chi connectivity index (χ4n) is 8.84. The number of rotatable bonds is 56. The van der Waals surface area contributed by atoms with E-state index in [1.807, 2.05) is 6.08 Å². The van der Waals surface area contributed by atoms with Gasteiger partial charge >= 0.3 is 17.9 Å². The lowest BCUT2D eigenvalue weighted by Crippen LogP contribution is -2.30. The molecule has 72 heavy (non-hydrogen) atoms. The molecule has 416 valence electrons. The topological polar surface area (TPSA) is 78.9 Å². The van der Waals surface area contributed by atoms with E-state index in [1.54, 1.807) is 0 Å². The Bertz CT molecular complexity index is 1340. The van der Waals surface area contributed by atoms with Crippen LogP contribution in [0.1, 0.15) is 310 Å². The number of hydrogen-bond acceptors (Lipinski definition) is 6. The lowest BCUT2D eigenvalue weighted by atomic mass is 10.0. The van der Waals surface area contributed by atoms with Crippen molar-refractivity contribution in [3.05, 3.63) is 72.9 Å². The smallest absolute Gasteiger partial charge is 0.306 e. The molecule has 0 aliphatic carbocycles. The third-order valence-electron chi connectivity index (χ3n) is 13.5. The maximum absolute atomic E-state index is 12.8. The van der Waals surface area contributed by atoms with Crippen LogP contribution in [-0.4, -0.2) is 37.2 Å². The van der Waals surface area contributed by atoms with Crippen molar-refractivity contribution in [1.29, 1.82) is 0 Å². The first-order chi connectivity index (χ1) is 35.5. The number of unbranched alkanes of at least 4 members (excludes halogenated alkanes) is 33. The fourth-order valence-corrected chi connectivity index (χ4v) is 8.84. The van der Waals surface area contributed by atoms with Gasteiger partial charge in [0.1, 0.15) is 13.2 Å². The molecule has 6 nitrogen and oxygen atoms in total. The molecule has 0 aliphatic heterocycles. The van der Waals surface area contributed by atoms with E-state index in [0.29, 0.717) is 19.3 Å². The van der Waals surface area contributed by atoms with Crippen LogP contribution in [0.2, 0.25) is 0 Å². The average molecular weight is 1010 g/mol. The summed E-state index contributed by atoms with van der Waals surface area (Å²) in [7, 11) is 0. The van der Waals surface area contributed by atoms with Crippen molar-refractivity contribution in [2.45, 2.75) is 316 Å². The van der Waals surface area contributed by atoms with E-state index >= 15 is 0 Å². The molecule has 0 spiro atoms. The van der Waals surface area contributed by atoms with E-state index in [2.05, 4.69) is 87.6 Å². The molecule has 0 rings (SSSR count). The summed E-state index contributed by atoms with van der Waals surface area (Å²) in [6, 6.07) is 0. The predicted molar refractivity (Wildman–Crippen MR) is 311 cm³/mol. The van der Waals surface area contributed by atoms with E-state index in [1.165, 1.54) is 173 Å². The van der Waals surface area contributed by atoms with Crippen LogP contribution in [0.4, 0.5) is 0 Å².